The Bertz CT molecular complexity index is 708. The SMILES string of the molecule is CN=C(NCCCc1ccccc1Cl)N1CCS(=O)(=O)C(C)(C)C1.I. The quantitative estimate of drug-likeness (QED) is 0.299. The number of sulfone groups is 1. The van der Waals surface area contributed by atoms with Crippen LogP contribution in [0.3, 0.4) is 0 Å². The van der Waals surface area contributed by atoms with Crippen molar-refractivity contribution in [1.29, 1.82) is 0 Å². The minimum atomic E-state index is -3.04. The maximum absolute atomic E-state index is 12.1. The predicted octanol–water partition coefficient (Wildman–Crippen LogP) is 2.98. The summed E-state index contributed by atoms with van der Waals surface area (Å²) in [6, 6.07) is 7.86. The molecule has 0 aliphatic carbocycles. The molecule has 0 spiro atoms. The predicted molar refractivity (Wildman–Crippen MR) is 116 cm³/mol. The molecule has 0 bridgehead atoms. The Kier molecular flexibility index (Phi) is 8.47. The number of nitrogens with zero attached hydrogens (tertiary/aromatic N) is 2. The lowest BCUT2D eigenvalue weighted by molar-refractivity contribution is 0.353. The van der Waals surface area contributed by atoms with Gasteiger partial charge < -0.3 is 10.2 Å². The molecule has 0 atom stereocenters. The van der Waals surface area contributed by atoms with Crippen LogP contribution in [0.4, 0.5) is 0 Å². The molecule has 0 aromatic heterocycles. The summed E-state index contributed by atoms with van der Waals surface area (Å²) in [5.74, 6) is 0.928. The lowest BCUT2D eigenvalue weighted by atomic mass is 10.1. The highest BCUT2D eigenvalue weighted by atomic mass is 127. The van der Waals surface area contributed by atoms with Crippen molar-refractivity contribution in [3.05, 3.63) is 34.9 Å². The fourth-order valence-electron chi connectivity index (χ4n) is 2.84. The summed E-state index contributed by atoms with van der Waals surface area (Å²) in [4.78, 5) is 6.32. The highest BCUT2D eigenvalue weighted by molar-refractivity contribution is 14.0. The van der Waals surface area contributed by atoms with Crippen LogP contribution < -0.4 is 5.32 Å². The average molecular weight is 500 g/mol. The summed E-state index contributed by atoms with van der Waals surface area (Å²) < 4.78 is 23.5. The largest absolute Gasteiger partial charge is 0.356 e. The van der Waals surface area contributed by atoms with Crippen molar-refractivity contribution in [2.45, 2.75) is 31.4 Å². The van der Waals surface area contributed by atoms with E-state index in [2.05, 4.69) is 10.3 Å². The monoisotopic (exact) mass is 499 g/mol. The maximum atomic E-state index is 12.1. The fraction of sp³-hybridized carbons (Fsp3) is 0.588. The minimum Gasteiger partial charge on any atom is -0.356 e. The molecule has 8 heteroatoms. The number of hydrogen-bond acceptors (Lipinski definition) is 3. The van der Waals surface area contributed by atoms with Crippen molar-refractivity contribution < 1.29 is 8.42 Å². The molecule has 0 unspecified atom stereocenters. The van der Waals surface area contributed by atoms with E-state index >= 15 is 0 Å². The van der Waals surface area contributed by atoms with Gasteiger partial charge in [-0.15, -0.1) is 24.0 Å². The molecule has 0 radical (unpaired) electrons. The number of halogens is 2. The van der Waals surface area contributed by atoms with Crippen molar-refractivity contribution >= 4 is 51.4 Å². The molecule has 0 saturated carbocycles. The van der Waals surface area contributed by atoms with E-state index in [0.717, 1.165) is 35.9 Å². The third kappa shape index (κ3) is 5.72. The topological polar surface area (TPSA) is 61.8 Å². The minimum absolute atomic E-state index is 0. The van der Waals surface area contributed by atoms with Crippen molar-refractivity contribution in [2.75, 3.05) is 32.4 Å². The van der Waals surface area contributed by atoms with Gasteiger partial charge in [0.2, 0.25) is 0 Å². The summed E-state index contributed by atoms with van der Waals surface area (Å²) in [5, 5.41) is 4.13. The van der Waals surface area contributed by atoms with Gasteiger partial charge in [-0.25, -0.2) is 8.42 Å². The number of hydrogen-bond donors (Lipinski definition) is 1. The van der Waals surface area contributed by atoms with Crippen LogP contribution in [-0.2, 0) is 16.3 Å². The van der Waals surface area contributed by atoms with Crippen LogP contribution in [0.1, 0.15) is 25.8 Å². The van der Waals surface area contributed by atoms with Gasteiger partial charge in [-0.2, -0.15) is 0 Å². The molecule has 5 nitrogen and oxygen atoms in total. The fourth-order valence-corrected chi connectivity index (χ4v) is 4.43. The van der Waals surface area contributed by atoms with Gasteiger partial charge >= 0.3 is 0 Å². The Morgan fingerprint density at radius 2 is 2.04 bits per heavy atom. The molecule has 1 aromatic rings. The zero-order chi connectivity index (χ0) is 17.8. The van der Waals surface area contributed by atoms with Crippen LogP contribution in [-0.4, -0.2) is 56.5 Å². The maximum Gasteiger partial charge on any atom is 0.193 e. The number of benzene rings is 1. The standard InChI is InChI=1S/C17H26ClN3O2S.HI/c1-17(2)13-21(11-12-24(17,22)23)16(19-3)20-10-6-8-14-7-4-5-9-15(14)18;/h4-5,7,9H,6,8,10-13H2,1-3H3,(H,19,20);1H. The molecule has 25 heavy (non-hydrogen) atoms. The van der Waals surface area contributed by atoms with E-state index < -0.39 is 14.6 Å². The molecule has 1 heterocycles. The van der Waals surface area contributed by atoms with Gasteiger partial charge in [0.15, 0.2) is 15.8 Å². The Balaban J connectivity index is 0.00000312. The van der Waals surface area contributed by atoms with Gasteiger partial charge in [0.1, 0.15) is 0 Å². The Labute approximate surface area is 173 Å². The summed E-state index contributed by atoms with van der Waals surface area (Å²) in [5.41, 5.74) is 1.14. The first kappa shape index (κ1) is 22.5. The van der Waals surface area contributed by atoms with E-state index in [4.69, 9.17) is 11.6 Å². The second-order valence-electron chi connectivity index (χ2n) is 6.67. The molecule has 1 aromatic carbocycles. The summed E-state index contributed by atoms with van der Waals surface area (Å²) in [6.07, 6.45) is 1.82. The van der Waals surface area contributed by atoms with Gasteiger partial charge in [-0.3, -0.25) is 4.99 Å². The summed E-state index contributed by atoms with van der Waals surface area (Å²) >= 11 is 6.16. The van der Waals surface area contributed by atoms with Gasteiger partial charge in [0.05, 0.1) is 10.5 Å². The van der Waals surface area contributed by atoms with Crippen LogP contribution in [0.2, 0.25) is 5.02 Å². The zero-order valence-corrected chi connectivity index (χ0v) is 18.9. The molecule has 0 amide bonds. The Hall–Kier alpha value is -0.540. The van der Waals surface area contributed by atoms with Gasteiger partial charge in [-0.1, -0.05) is 29.8 Å². The van der Waals surface area contributed by atoms with E-state index in [1.807, 2.05) is 29.2 Å². The molecular formula is C17H27ClIN3O2S. The first-order valence-corrected chi connectivity index (χ1v) is 10.2. The first-order valence-electron chi connectivity index (χ1n) is 8.18. The van der Waals surface area contributed by atoms with Crippen LogP contribution in [0.15, 0.2) is 29.3 Å². The van der Waals surface area contributed by atoms with E-state index in [1.165, 1.54) is 0 Å². The highest BCUT2D eigenvalue weighted by Crippen LogP contribution is 2.23. The number of aliphatic imine (C=N–C) groups is 1. The number of nitrogens with one attached hydrogen (secondary N) is 1. The smallest absolute Gasteiger partial charge is 0.193 e. The Morgan fingerprint density at radius 1 is 1.36 bits per heavy atom. The molecular weight excluding hydrogens is 473 g/mol. The molecule has 1 saturated heterocycles. The normalized spacial score (nSPS) is 19.2. The van der Waals surface area contributed by atoms with Crippen molar-refractivity contribution in [3.8, 4) is 0 Å². The van der Waals surface area contributed by atoms with Crippen LogP contribution in [0.25, 0.3) is 0 Å². The zero-order valence-electron chi connectivity index (χ0n) is 15.0. The van der Waals surface area contributed by atoms with Crippen LogP contribution >= 0.6 is 35.6 Å². The van der Waals surface area contributed by atoms with Crippen LogP contribution in [0, 0.1) is 0 Å². The van der Waals surface area contributed by atoms with Crippen molar-refractivity contribution in [2.24, 2.45) is 4.99 Å². The Morgan fingerprint density at radius 3 is 2.64 bits per heavy atom. The number of rotatable bonds is 4. The summed E-state index contributed by atoms with van der Waals surface area (Å²) in [7, 11) is -1.31. The summed E-state index contributed by atoms with van der Waals surface area (Å²) in [6.45, 7) is 5.26. The van der Waals surface area contributed by atoms with Gasteiger partial charge in [0, 0.05) is 31.7 Å². The average Bonchev–Trinajstić information content (AvgIpc) is 2.52. The molecule has 1 N–H and O–H groups in total. The number of guanidine groups is 1. The lowest BCUT2D eigenvalue weighted by Crippen LogP contribution is -2.57. The highest BCUT2D eigenvalue weighted by Gasteiger charge is 2.40. The van der Waals surface area contributed by atoms with Gasteiger partial charge in [-0.05, 0) is 38.3 Å². The number of aryl methyl sites for hydroxylation is 1. The van der Waals surface area contributed by atoms with Crippen molar-refractivity contribution in [1.82, 2.24) is 10.2 Å². The van der Waals surface area contributed by atoms with Gasteiger partial charge in [0.25, 0.3) is 0 Å². The molecule has 1 fully saturated rings. The van der Waals surface area contributed by atoms with Crippen LogP contribution in [0.5, 0.6) is 0 Å². The lowest BCUT2D eigenvalue weighted by Gasteiger charge is -2.39. The van der Waals surface area contributed by atoms with E-state index in [0.29, 0.717) is 13.1 Å². The molecule has 1 aliphatic heterocycles. The van der Waals surface area contributed by atoms with E-state index in [9.17, 15) is 8.42 Å². The molecule has 1 aliphatic rings. The molecule has 142 valence electrons. The van der Waals surface area contributed by atoms with Crippen molar-refractivity contribution in [3.63, 3.8) is 0 Å². The second-order valence-corrected chi connectivity index (χ2v) is 9.82. The second kappa shape index (κ2) is 9.41. The van der Waals surface area contributed by atoms with E-state index in [1.54, 1.807) is 20.9 Å². The van der Waals surface area contributed by atoms with E-state index in [-0.39, 0.29) is 29.7 Å². The third-order valence-electron chi connectivity index (χ3n) is 4.42. The molecule has 2 rings (SSSR count). The third-order valence-corrected chi connectivity index (χ3v) is 7.32. The first-order chi connectivity index (χ1) is 11.3.